The highest BCUT2D eigenvalue weighted by Crippen LogP contribution is 2.02. The van der Waals surface area contributed by atoms with Crippen molar-refractivity contribution < 1.29 is 9.90 Å². The van der Waals surface area contributed by atoms with Crippen molar-refractivity contribution in [2.75, 3.05) is 0 Å². The second-order valence-corrected chi connectivity index (χ2v) is 2.16. The molecule has 2 nitrogen and oxygen atoms in total. The summed E-state index contributed by atoms with van der Waals surface area (Å²) in [5.41, 5.74) is 0.882. The maximum atomic E-state index is 10.1. The van der Waals surface area contributed by atoms with Gasteiger partial charge in [0.2, 0.25) is 0 Å². The number of hydrogen-bond donors (Lipinski definition) is 1. The van der Waals surface area contributed by atoms with Gasteiger partial charge in [0.15, 0.2) is 0 Å². The molecule has 2 heteroatoms. The second kappa shape index (κ2) is 4.79. The maximum absolute atomic E-state index is 10.1. The van der Waals surface area contributed by atoms with Crippen LogP contribution in [0.4, 0.5) is 0 Å². The van der Waals surface area contributed by atoms with Gasteiger partial charge in [-0.2, -0.15) is 0 Å². The molecule has 0 saturated carbocycles. The predicted molar refractivity (Wildman–Crippen MR) is 40.8 cm³/mol. The highest BCUT2D eigenvalue weighted by Gasteiger charge is 1.91. The maximum Gasteiger partial charge on any atom is 0.328 e. The van der Waals surface area contributed by atoms with Crippen LogP contribution in [0.15, 0.2) is 24.3 Å². The van der Waals surface area contributed by atoms with Gasteiger partial charge in [0.05, 0.1) is 0 Å². The third-order valence-electron chi connectivity index (χ3n) is 1.11. The Morgan fingerprint density at radius 2 is 2.30 bits per heavy atom. The largest absolute Gasteiger partial charge is 0.478 e. The molecule has 0 radical (unpaired) electrons. The Bertz CT molecular complexity index is 157. The van der Waals surface area contributed by atoms with Gasteiger partial charge in [-0.05, 0) is 19.8 Å². The summed E-state index contributed by atoms with van der Waals surface area (Å²) in [6.45, 7) is 5.34. The lowest BCUT2D eigenvalue weighted by molar-refractivity contribution is -0.131. The summed E-state index contributed by atoms with van der Waals surface area (Å²) in [7, 11) is 0. The smallest absolute Gasteiger partial charge is 0.328 e. The third-order valence-corrected chi connectivity index (χ3v) is 1.11. The first-order valence-corrected chi connectivity index (χ1v) is 3.18. The summed E-state index contributed by atoms with van der Waals surface area (Å²) in [6, 6.07) is 0. The van der Waals surface area contributed by atoms with E-state index in [0.29, 0.717) is 0 Å². The number of hydrogen-bond acceptors (Lipinski definition) is 1. The van der Waals surface area contributed by atoms with Crippen molar-refractivity contribution in [3.8, 4) is 0 Å². The molecular formula is C8H12O2. The number of carbonyl (C=O) groups is 1. The first kappa shape index (κ1) is 8.95. The van der Waals surface area contributed by atoms with E-state index in [9.17, 15) is 4.79 Å². The molecule has 0 aromatic carbocycles. The van der Waals surface area contributed by atoms with Crippen LogP contribution in [0.5, 0.6) is 0 Å². The van der Waals surface area contributed by atoms with E-state index in [2.05, 4.69) is 6.58 Å². The molecule has 0 aromatic rings. The minimum Gasteiger partial charge on any atom is -0.478 e. The average molecular weight is 140 g/mol. The first-order chi connectivity index (χ1) is 4.66. The van der Waals surface area contributed by atoms with Crippen molar-refractivity contribution in [3.63, 3.8) is 0 Å². The van der Waals surface area contributed by atoms with E-state index >= 15 is 0 Å². The number of aliphatic carboxylic acids is 1. The van der Waals surface area contributed by atoms with Crippen LogP contribution in [0.1, 0.15) is 19.8 Å². The van der Waals surface area contributed by atoms with Crippen LogP contribution < -0.4 is 0 Å². The van der Waals surface area contributed by atoms with Gasteiger partial charge < -0.3 is 5.11 Å². The summed E-state index contributed by atoms with van der Waals surface area (Å²) in [5.74, 6) is -0.874. The lowest BCUT2D eigenvalue weighted by Crippen LogP contribution is -1.89. The molecule has 0 heterocycles. The van der Waals surface area contributed by atoms with E-state index in [1.54, 1.807) is 13.0 Å². The van der Waals surface area contributed by atoms with Crippen LogP contribution in [-0.4, -0.2) is 11.1 Å². The van der Waals surface area contributed by atoms with Crippen LogP contribution in [0.2, 0.25) is 0 Å². The molecule has 1 N–H and O–H groups in total. The van der Waals surface area contributed by atoms with Gasteiger partial charge in [-0.3, -0.25) is 0 Å². The highest BCUT2D eigenvalue weighted by atomic mass is 16.4. The molecule has 0 aliphatic carbocycles. The highest BCUT2D eigenvalue weighted by molar-refractivity contribution is 5.80. The Hall–Kier alpha value is -1.05. The van der Waals surface area contributed by atoms with Gasteiger partial charge in [0.25, 0.3) is 0 Å². The van der Waals surface area contributed by atoms with E-state index < -0.39 is 5.97 Å². The molecule has 0 aliphatic rings. The van der Waals surface area contributed by atoms with Crippen molar-refractivity contribution in [2.45, 2.75) is 19.8 Å². The van der Waals surface area contributed by atoms with Gasteiger partial charge in [-0.15, -0.1) is 6.58 Å². The molecule has 0 saturated heterocycles. The van der Waals surface area contributed by atoms with Crippen LogP contribution in [0.3, 0.4) is 0 Å². The summed E-state index contributed by atoms with van der Waals surface area (Å²) >= 11 is 0. The average Bonchev–Trinajstić information content (AvgIpc) is 1.82. The number of allylic oxidation sites excluding steroid dienone is 2. The molecule has 0 bridgehead atoms. The van der Waals surface area contributed by atoms with Crippen LogP contribution in [-0.2, 0) is 4.79 Å². The Labute approximate surface area is 60.9 Å². The van der Waals surface area contributed by atoms with E-state index in [-0.39, 0.29) is 0 Å². The summed E-state index contributed by atoms with van der Waals surface area (Å²) in [6.07, 6.45) is 4.63. The van der Waals surface area contributed by atoms with Crippen molar-refractivity contribution in [2.24, 2.45) is 0 Å². The fourth-order valence-electron chi connectivity index (χ4n) is 0.613. The predicted octanol–water partition coefficient (Wildman–Crippen LogP) is 1.98. The molecular weight excluding hydrogens is 128 g/mol. The van der Waals surface area contributed by atoms with Crippen molar-refractivity contribution in [3.05, 3.63) is 24.3 Å². The van der Waals surface area contributed by atoms with Gasteiger partial charge in [-0.25, -0.2) is 4.79 Å². The van der Waals surface area contributed by atoms with E-state index in [1.807, 2.05) is 0 Å². The number of carboxylic acids is 1. The lowest BCUT2D eigenvalue weighted by Gasteiger charge is -1.93. The second-order valence-electron chi connectivity index (χ2n) is 2.16. The molecule has 56 valence electrons. The SMILES string of the molecule is C=CCC/C(C)=C/C(=O)O. The molecule has 10 heavy (non-hydrogen) atoms. The molecule has 0 spiro atoms. The molecule has 0 amide bonds. The fourth-order valence-corrected chi connectivity index (χ4v) is 0.613. The van der Waals surface area contributed by atoms with Crippen LogP contribution in [0.25, 0.3) is 0 Å². The monoisotopic (exact) mass is 140 g/mol. The topological polar surface area (TPSA) is 37.3 Å². The fraction of sp³-hybridized carbons (Fsp3) is 0.375. The normalized spacial score (nSPS) is 11.1. The van der Waals surface area contributed by atoms with Crippen molar-refractivity contribution in [1.82, 2.24) is 0 Å². The van der Waals surface area contributed by atoms with Gasteiger partial charge >= 0.3 is 5.97 Å². The molecule has 0 unspecified atom stereocenters. The third kappa shape index (κ3) is 5.09. The Morgan fingerprint density at radius 1 is 1.70 bits per heavy atom. The summed E-state index contributed by atoms with van der Waals surface area (Å²) in [4.78, 5) is 10.1. The van der Waals surface area contributed by atoms with Crippen LogP contribution in [0, 0.1) is 0 Å². The Kier molecular flexibility index (Phi) is 4.29. The Morgan fingerprint density at radius 3 is 2.70 bits per heavy atom. The minimum absolute atomic E-state index is 0.787. The Balaban J connectivity index is 3.70. The standard InChI is InChI=1S/C8H12O2/c1-3-4-5-7(2)6-8(9)10/h3,6H,1,4-5H2,2H3,(H,9,10)/b7-6+. The van der Waals surface area contributed by atoms with E-state index in [0.717, 1.165) is 18.4 Å². The molecule has 0 atom stereocenters. The first-order valence-electron chi connectivity index (χ1n) is 3.18. The minimum atomic E-state index is -0.874. The number of rotatable bonds is 4. The molecule has 0 fully saturated rings. The van der Waals surface area contributed by atoms with Crippen molar-refractivity contribution >= 4 is 5.97 Å². The lowest BCUT2D eigenvalue weighted by atomic mass is 10.1. The summed E-state index contributed by atoms with van der Waals surface area (Å²) in [5, 5.41) is 8.28. The zero-order chi connectivity index (χ0) is 7.98. The molecule has 0 aliphatic heterocycles. The van der Waals surface area contributed by atoms with Gasteiger partial charge in [0, 0.05) is 6.08 Å². The van der Waals surface area contributed by atoms with E-state index in [1.165, 1.54) is 6.08 Å². The van der Waals surface area contributed by atoms with E-state index in [4.69, 9.17) is 5.11 Å². The number of carboxylic acid groups (broad SMARTS) is 1. The molecule has 0 aromatic heterocycles. The van der Waals surface area contributed by atoms with Crippen molar-refractivity contribution in [1.29, 1.82) is 0 Å². The van der Waals surface area contributed by atoms with Crippen LogP contribution >= 0.6 is 0 Å². The zero-order valence-corrected chi connectivity index (χ0v) is 6.13. The zero-order valence-electron chi connectivity index (χ0n) is 6.13. The summed E-state index contributed by atoms with van der Waals surface area (Å²) < 4.78 is 0. The van der Waals surface area contributed by atoms with Gasteiger partial charge in [-0.1, -0.05) is 11.6 Å². The van der Waals surface area contributed by atoms with Gasteiger partial charge in [0.1, 0.15) is 0 Å². The quantitative estimate of drug-likeness (QED) is 0.479. The molecule has 0 rings (SSSR count).